The Morgan fingerprint density at radius 1 is 1.19 bits per heavy atom. The molecule has 1 heterocycles. The van der Waals surface area contributed by atoms with Crippen molar-refractivity contribution in [3.05, 3.63) is 23.8 Å². The van der Waals surface area contributed by atoms with E-state index in [4.69, 9.17) is 18.9 Å². The molecule has 1 aliphatic rings. The van der Waals surface area contributed by atoms with Gasteiger partial charge in [-0.1, -0.05) is 13.0 Å². The summed E-state index contributed by atoms with van der Waals surface area (Å²) in [4.78, 5) is 0. The van der Waals surface area contributed by atoms with Crippen molar-refractivity contribution in [1.82, 2.24) is 5.32 Å². The van der Waals surface area contributed by atoms with E-state index >= 15 is 0 Å². The van der Waals surface area contributed by atoms with E-state index in [1.54, 1.807) is 0 Å². The summed E-state index contributed by atoms with van der Waals surface area (Å²) in [5.41, 5.74) is 1.14. The average Bonchev–Trinajstić information content (AvgIpc) is 2.96. The van der Waals surface area contributed by atoms with Crippen LogP contribution in [0.25, 0.3) is 0 Å². The number of likely N-dealkylation sites (N-methyl/N-ethyl adjacent to an activating group) is 1. The third kappa shape index (κ3) is 4.59. The van der Waals surface area contributed by atoms with Gasteiger partial charge in [-0.3, -0.25) is 0 Å². The molecule has 0 fully saturated rings. The summed E-state index contributed by atoms with van der Waals surface area (Å²) in [5, 5.41) is 3.44. The number of fused-ring (bicyclic) bond motifs is 1. The largest absolute Gasteiger partial charge is 0.454 e. The second-order valence-corrected chi connectivity index (χ2v) is 5.03. The van der Waals surface area contributed by atoms with Crippen LogP contribution in [0.5, 0.6) is 11.5 Å². The van der Waals surface area contributed by atoms with Crippen LogP contribution in [0.3, 0.4) is 0 Å². The Morgan fingerprint density at radius 3 is 2.76 bits per heavy atom. The lowest BCUT2D eigenvalue weighted by atomic mass is 10.1. The van der Waals surface area contributed by atoms with Crippen molar-refractivity contribution in [2.75, 3.05) is 33.2 Å². The standard InChI is InChI=1S/C16H25NO4/c1-4-17-14(10-19-12(3)9-18-5-2)13-6-7-15-16(8-13)21-11-20-15/h6-8,12,14,17H,4-5,9-11H2,1-3H3. The van der Waals surface area contributed by atoms with Crippen LogP contribution in [0.1, 0.15) is 32.4 Å². The molecule has 5 heteroatoms. The third-order valence-electron chi connectivity index (χ3n) is 3.35. The molecule has 0 aliphatic carbocycles. The first-order valence-electron chi connectivity index (χ1n) is 7.56. The lowest BCUT2D eigenvalue weighted by molar-refractivity contribution is -0.0115. The van der Waals surface area contributed by atoms with Crippen molar-refractivity contribution in [2.24, 2.45) is 0 Å². The maximum atomic E-state index is 5.87. The van der Waals surface area contributed by atoms with Crippen molar-refractivity contribution in [3.8, 4) is 11.5 Å². The second-order valence-electron chi connectivity index (χ2n) is 5.03. The summed E-state index contributed by atoms with van der Waals surface area (Å²) >= 11 is 0. The van der Waals surface area contributed by atoms with E-state index in [0.29, 0.717) is 26.6 Å². The van der Waals surface area contributed by atoms with Gasteiger partial charge in [0.25, 0.3) is 0 Å². The highest BCUT2D eigenvalue weighted by Gasteiger charge is 2.18. The molecule has 0 saturated carbocycles. The highest BCUT2D eigenvalue weighted by Crippen LogP contribution is 2.34. The van der Waals surface area contributed by atoms with Gasteiger partial charge < -0.3 is 24.3 Å². The molecule has 5 nitrogen and oxygen atoms in total. The van der Waals surface area contributed by atoms with Gasteiger partial charge in [0.1, 0.15) is 0 Å². The van der Waals surface area contributed by atoms with E-state index in [-0.39, 0.29) is 12.1 Å². The molecule has 2 rings (SSSR count). The fourth-order valence-electron chi connectivity index (χ4n) is 2.24. The minimum Gasteiger partial charge on any atom is -0.454 e. The molecule has 0 radical (unpaired) electrons. The Morgan fingerprint density at radius 2 is 2.00 bits per heavy atom. The molecular formula is C16H25NO4. The first-order valence-corrected chi connectivity index (χ1v) is 7.56. The normalized spacial score (nSPS) is 16.0. The van der Waals surface area contributed by atoms with E-state index in [1.807, 2.05) is 26.0 Å². The monoisotopic (exact) mass is 295 g/mol. The molecule has 2 unspecified atom stereocenters. The fourth-order valence-corrected chi connectivity index (χ4v) is 2.24. The van der Waals surface area contributed by atoms with Crippen LogP contribution in [0.4, 0.5) is 0 Å². The summed E-state index contributed by atoms with van der Waals surface area (Å²) < 4.78 is 22.0. The zero-order valence-corrected chi connectivity index (χ0v) is 13.1. The quantitative estimate of drug-likeness (QED) is 0.758. The van der Waals surface area contributed by atoms with Crippen molar-refractivity contribution < 1.29 is 18.9 Å². The molecule has 118 valence electrons. The minimum absolute atomic E-state index is 0.0834. The second kappa shape index (κ2) is 8.22. The third-order valence-corrected chi connectivity index (χ3v) is 3.35. The first kappa shape index (κ1) is 16.1. The molecule has 1 aliphatic heterocycles. The number of rotatable bonds is 9. The van der Waals surface area contributed by atoms with Gasteiger partial charge in [-0.25, -0.2) is 0 Å². The van der Waals surface area contributed by atoms with Gasteiger partial charge in [0.05, 0.1) is 25.4 Å². The fraction of sp³-hybridized carbons (Fsp3) is 0.625. The molecule has 0 bridgehead atoms. The van der Waals surface area contributed by atoms with E-state index < -0.39 is 0 Å². The molecule has 0 aromatic heterocycles. The van der Waals surface area contributed by atoms with Crippen molar-refractivity contribution in [3.63, 3.8) is 0 Å². The summed E-state index contributed by atoms with van der Waals surface area (Å²) in [6.07, 6.45) is 0.0834. The molecule has 1 N–H and O–H groups in total. The van der Waals surface area contributed by atoms with Crippen molar-refractivity contribution in [1.29, 1.82) is 0 Å². The number of hydrogen-bond donors (Lipinski definition) is 1. The van der Waals surface area contributed by atoms with Crippen LogP contribution in [-0.2, 0) is 9.47 Å². The van der Waals surface area contributed by atoms with E-state index in [1.165, 1.54) is 0 Å². The summed E-state index contributed by atoms with van der Waals surface area (Å²) in [6, 6.07) is 6.16. The maximum absolute atomic E-state index is 5.87. The van der Waals surface area contributed by atoms with Crippen LogP contribution in [0, 0.1) is 0 Å². The predicted molar refractivity (Wildman–Crippen MR) is 80.9 cm³/mol. The predicted octanol–water partition coefficient (Wildman–Crippen LogP) is 2.51. The molecule has 21 heavy (non-hydrogen) atoms. The van der Waals surface area contributed by atoms with E-state index in [2.05, 4.69) is 18.3 Å². The number of ether oxygens (including phenoxy) is 4. The molecule has 0 saturated heterocycles. The Kier molecular flexibility index (Phi) is 6.29. The Hall–Kier alpha value is -1.30. The molecule has 2 atom stereocenters. The van der Waals surface area contributed by atoms with Gasteiger partial charge in [-0.2, -0.15) is 0 Å². The summed E-state index contributed by atoms with van der Waals surface area (Å²) in [7, 11) is 0. The summed E-state index contributed by atoms with van der Waals surface area (Å²) in [6.45, 7) is 9.21. The lowest BCUT2D eigenvalue weighted by Gasteiger charge is -2.21. The van der Waals surface area contributed by atoms with Gasteiger partial charge in [0.15, 0.2) is 11.5 Å². The molecule has 0 amide bonds. The topological polar surface area (TPSA) is 49.0 Å². The molecule has 1 aromatic rings. The molecule has 1 aromatic carbocycles. The first-order chi connectivity index (χ1) is 10.2. The van der Waals surface area contributed by atoms with Crippen LogP contribution in [0.15, 0.2) is 18.2 Å². The minimum atomic E-state index is 0.0834. The van der Waals surface area contributed by atoms with Gasteiger partial charge in [0.2, 0.25) is 6.79 Å². The Bertz CT molecular complexity index is 438. The SMILES string of the molecule is CCNC(COC(C)COCC)c1ccc2c(c1)OCO2. The van der Waals surface area contributed by atoms with Crippen LogP contribution in [-0.4, -0.2) is 39.3 Å². The van der Waals surface area contributed by atoms with Crippen molar-refractivity contribution >= 4 is 0 Å². The van der Waals surface area contributed by atoms with Crippen molar-refractivity contribution in [2.45, 2.75) is 32.9 Å². The summed E-state index contributed by atoms with van der Waals surface area (Å²) in [5.74, 6) is 1.61. The zero-order valence-electron chi connectivity index (χ0n) is 13.1. The van der Waals surface area contributed by atoms with Crippen LogP contribution < -0.4 is 14.8 Å². The smallest absolute Gasteiger partial charge is 0.231 e. The highest BCUT2D eigenvalue weighted by atomic mass is 16.7. The highest BCUT2D eigenvalue weighted by molar-refractivity contribution is 5.45. The van der Waals surface area contributed by atoms with Crippen LogP contribution in [0.2, 0.25) is 0 Å². The molecular weight excluding hydrogens is 270 g/mol. The van der Waals surface area contributed by atoms with E-state index in [0.717, 1.165) is 23.6 Å². The van der Waals surface area contributed by atoms with Gasteiger partial charge >= 0.3 is 0 Å². The Balaban J connectivity index is 1.95. The van der Waals surface area contributed by atoms with Gasteiger partial charge in [-0.15, -0.1) is 0 Å². The Labute approximate surface area is 126 Å². The van der Waals surface area contributed by atoms with Gasteiger partial charge in [-0.05, 0) is 38.1 Å². The molecule has 0 spiro atoms. The number of hydrogen-bond acceptors (Lipinski definition) is 5. The maximum Gasteiger partial charge on any atom is 0.231 e. The van der Waals surface area contributed by atoms with E-state index in [9.17, 15) is 0 Å². The zero-order chi connectivity index (χ0) is 15.1. The average molecular weight is 295 g/mol. The van der Waals surface area contributed by atoms with Gasteiger partial charge in [0, 0.05) is 6.61 Å². The lowest BCUT2D eigenvalue weighted by Crippen LogP contribution is -2.28. The number of nitrogens with one attached hydrogen (secondary N) is 1. The van der Waals surface area contributed by atoms with Crippen LogP contribution >= 0.6 is 0 Å². The number of benzene rings is 1.